The number of nitrogens with one attached hydrogen (secondary N) is 1. The topological polar surface area (TPSA) is 105 Å². The van der Waals surface area contributed by atoms with E-state index in [-0.39, 0.29) is 24.8 Å². The number of ketones is 2. The summed E-state index contributed by atoms with van der Waals surface area (Å²) in [4.78, 5) is 26.0. The first-order valence-electron chi connectivity index (χ1n) is 17.1. The molecule has 48 heavy (non-hydrogen) atoms. The number of allylic oxidation sites excluding steroid dienone is 4. The fourth-order valence-electron chi connectivity index (χ4n) is 9.99. The second kappa shape index (κ2) is 11.4. The number of fused-ring (bicyclic) bond motifs is 7. The summed E-state index contributed by atoms with van der Waals surface area (Å²) in [6.07, 6.45) is -0.637. The largest absolute Gasteiger partial charge is 0.390 e. The number of benzene rings is 2. The standard InChI is InChI=1S/C39H45F2NO6/c1-21(2)42-31-15-24(7-6-22(31)3)14-23-8-10-25(11-9-23)35-47-34-18-27-28-17-30(40)29-16-26(44)12-13-36(29,4)38(28,41)32(45)19-37(27,5)39(34,48-35)33(46)20-43/h6-13,15-16,21,27-28,30,32,34-35,42-43,45H,14,17-20H2,1-5H3/t27-,28-,30-,32-,34+,35+,36-,37-,38-,39+/m0/s1. The highest BCUT2D eigenvalue weighted by molar-refractivity contribution is 6.01. The fourth-order valence-corrected chi connectivity index (χ4v) is 9.99. The molecular formula is C39H45F2NO6. The molecule has 0 spiro atoms. The molecule has 10 atom stereocenters. The van der Waals surface area contributed by atoms with Crippen LogP contribution in [-0.4, -0.2) is 64.1 Å². The van der Waals surface area contributed by atoms with Crippen molar-refractivity contribution < 1.29 is 38.1 Å². The Morgan fingerprint density at radius 3 is 2.48 bits per heavy atom. The molecule has 7 rings (SSSR count). The van der Waals surface area contributed by atoms with Gasteiger partial charge in [-0.05, 0) is 99.8 Å². The van der Waals surface area contributed by atoms with Gasteiger partial charge in [-0.3, -0.25) is 9.59 Å². The van der Waals surface area contributed by atoms with Crippen molar-refractivity contribution >= 4 is 17.3 Å². The van der Waals surface area contributed by atoms with Gasteiger partial charge in [-0.15, -0.1) is 0 Å². The molecule has 0 amide bonds. The molecular weight excluding hydrogens is 616 g/mol. The van der Waals surface area contributed by atoms with Crippen LogP contribution in [0.5, 0.6) is 0 Å². The summed E-state index contributed by atoms with van der Waals surface area (Å²) in [5.41, 5.74) is -1.38. The van der Waals surface area contributed by atoms with Gasteiger partial charge in [0, 0.05) is 34.0 Å². The predicted octanol–water partition coefficient (Wildman–Crippen LogP) is 6.05. The minimum absolute atomic E-state index is 0.0433. The lowest BCUT2D eigenvalue weighted by molar-refractivity contribution is -0.235. The third kappa shape index (κ3) is 4.57. The zero-order valence-corrected chi connectivity index (χ0v) is 28.1. The highest BCUT2D eigenvalue weighted by Gasteiger charge is 2.80. The van der Waals surface area contributed by atoms with Gasteiger partial charge in [-0.1, -0.05) is 49.4 Å². The zero-order chi connectivity index (χ0) is 34.4. The van der Waals surface area contributed by atoms with E-state index in [1.165, 1.54) is 17.7 Å². The second-order valence-electron chi connectivity index (χ2n) is 15.4. The maximum Gasteiger partial charge on any atom is 0.193 e. The van der Waals surface area contributed by atoms with Gasteiger partial charge >= 0.3 is 0 Å². The summed E-state index contributed by atoms with van der Waals surface area (Å²) in [6.45, 7) is 8.81. The van der Waals surface area contributed by atoms with Gasteiger partial charge in [-0.2, -0.15) is 0 Å². The summed E-state index contributed by atoms with van der Waals surface area (Å²) >= 11 is 0. The molecule has 7 nitrogen and oxygen atoms in total. The summed E-state index contributed by atoms with van der Waals surface area (Å²) in [5.74, 6) is -2.59. The average Bonchev–Trinajstić information content (AvgIpc) is 3.54. The molecule has 256 valence electrons. The Balaban J connectivity index is 1.17. The third-order valence-corrected chi connectivity index (χ3v) is 12.3. The van der Waals surface area contributed by atoms with Gasteiger partial charge in [0.05, 0.1) is 12.2 Å². The Labute approximate surface area is 280 Å². The minimum Gasteiger partial charge on any atom is -0.390 e. The highest BCUT2D eigenvalue weighted by atomic mass is 19.1. The van der Waals surface area contributed by atoms with Crippen LogP contribution in [0, 0.1) is 29.6 Å². The third-order valence-electron chi connectivity index (χ3n) is 12.3. The Hall–Kier alpha value is -3.24. The molecule has 0 radical (unpaired) electrons. The number of anilines is 1. The second-order valence-corrected chi connectivity index (χ2v) is 15.4. The highest BCUT2D eigenvalue weighted by Crippen LogP contribution is 2.72. The van der Waals surface area contributed by atoms with E-state index in [0.29, 0.717) is 18.0 Å². The number of hydrogen-bond acceptors (Lipinski definition) is 7. The van der Waals surface area contributed by atoms with E-state index in [1.807, 2.05) is 24.3 Å². The van der Waals surface area contributed by atoms with E-state index in [9.17, 15) is 19.8 Å². The molecule has 0 bridgehead atoms. The molecule has 2 aromatic carbocycles. The molecule has 3 N–H and O–H groups in total. The Morgan fingerprint density at radius 1 is 1.08 bits per heavy atom. The van der Waals surface area contributed by atoms with Crippen LogP contribution in [0.25, 0.3) is 0 Å². The lowest BCUT2D eigenvalue weighted by Crippen LogP contribution is -2.70. The first-order chi connectivity index (χ1) is 22.7. The smallest absolute Gasteiger partial charge is 0.193 e. The van der Waals surface area contributed by atoms with Gasteiger partial charge in [0.15, 0.2) is 29.1 Å². The molecule has 0 aromatic heterocycles. The van der Waals surface area contributed by atoms with Crippen LogP contribution in [-0.2, 0) is 25.5 Å². The van der Waals surface area contributed by atoms with E-state index in [4.69, 9.17) is 9.47 Å². The molecule has 4 fully saturated rings. The van der Waals surface area contributed by atoms with Crippen LogP contribution < -0.4 is 5.32 Å². The predicted molar refractivity (Wildman–Crippen MR) is 177 cm³/mol. The first-order valence-corrected chi connectivity index (χ1v) is 17.1. The molecule has 5 aliphatic rings. The fraction of sp³-hybridized carbons (Fsp3) is 0.538. The van der Waals surface area contributed by atoms with E-state index in [1.54, 1.807) is 13.8 Å². The molecule has 9 heteroatoms. The van der Waals surface area contributed by atoms with Gasteiger partial charge in [-0.25, -0.2) is 8.78 Å². The van der Waals surface area contributed by atoms with Crippen molar-refractivity contribution in [2.24, 2.45) is 22.7 Å². The van der Waals surface area contributed by atoms with Crippen LogP contribution in [0.2, 0.25) is 0 Å². The van der Waals surface area contributed by atoms with E-state index < -0.39 is 76.8 Å². The Bertz CT molecular complexity index is 1710. The maximum atomic E-state index is 17.6. The number of carbonyl (C=O) groups is 2. The number of aliphatic hydroxyl groups is 2. The number of aliphatic hydroxyl groups excluding tert-OH is 2. The van der Waals surface area contributed by atoms with Crippen molar-refractivity contribution in [1.82, 2.24) is 0 Å². The lowest BCUT2D eigenvalue weighted by atomic mass is 9.44. The van der Waals surface area contributed by atoms with Crippen molar-refractivity contribution in [3.05, 3.63) is 88.5 Å². The zero-order valence-electron chi connectivity index (χ0n) is 28.1. The van der Waals surface area contributed by atoms with Gasteiger partial charge in [0.25, 0.3) is 0 Å². The summed E-state index contributed by atoms with van der Waals surface area (Å²) in [6, 6.07) is 14.5. The van der Waals surface area contributed by atoms with Gasteiger partial charge in [0.2, 0.25) is 0 Å². The van der Waals surface area contributed by atoms with Crippen LogP contribution >= 0.6 is 0 Å². The molecule has 0 unspecified atom stereocenters. The molecule has 3 saturated carbocycles. The van der Waals surface area contributed by atoms with Gasteiger partial charge in [0.1, 0.15) is 12.8 Å². The number of halogens is 2. The maximum absolute atomic E-state index is 17.6. The van der Waals surface area contributed by atoms with E-state index >= 15 is 8.78 Å². The molecule has 1 heterocycles. The Morgan fingerprint density at radius 2 is 1.79 bits per heavy atom. The van der Waals surface area contributed by atoms with E-state index in [0.717, 1.165) is 22.9 Å². The monoisotopic (exact) mass is 661 g/mol. The van der Waals surface area contributed by atoms with Crippen molar-refractivity contribution in [3.8, 4) is 0 Å². The number of aryl methyl sites for hydroxylation is 1. The van der Waals surface area contributed by atoms with Crippen molar-refractivity contribution in [1.29, 1.82) is 0 Å². The van der Waals surface area contributed by atoms with Crippen LogP contribution in [0.3, 0.4) is 0 Å². The number of rotatable bonds is 7. The molecule has 2 aromatic rings. The quantitative estimate of drug-likeness (QED) is 0.332. The number of hydrogen-bond donors (Lipinski definition) is 3. The lowest BCUT2D eigenvalue weighted by Gasteiger charge is -2.63. The minimum atomic E-state index is -2.29. The van der Waals surface area contributed by atoms with Crippen LogP contribution in [0.15, 0.2) is 66.3 Å². The Kier molecular flexibility index (Phi) is 7.90. The normalized spacial score (nSPS) is 39.8. The SMILES string of the molecule is Cc1ccc(Cc2ccc([C@@H]3O[C@@H]4C[C@H]5[C@@H]6C[C@H](F)C7=CC(=O)C=C[C@]7(C)[C@@]6(F)[C@@H](O)C[C@]5(C)[C@]4(C(=O)CO)O3)cc2)cc1NC(C)C. The molecule has 1 aliphatic heterocycles. The average molecular weight is 662 g/mol. The first kappa shape index (κ1) is 33.3. The van der Waals surface area contributed by atoms with Gasteiger partial charge < -0.3 is 25.0 Å². The molecule has 4 aliphatic carbocycles. The van der Waals surface area contributed by atoms with Crippen molar-refractivity contribution in [2.45, 2.75) is 102 Å². The summed E-state index contributed by atoms with van der Waals surface area (Å²) in [7, 11) is 0. The summed E-state index contributed by atoms with van der Waals surface area (Å²) in [5, 5.41) is 25.4. The number of alkyl halides is 2. The number of Topliss-reactive ketones (excluding diaryl/α,β-unsaturated/α-hetero) is 1. The van der Waals surface area contributed by atoms with Crippen molar-refractivity contribution in [2.75, 3.05) is 11.9 Å². The molecule has 1 saturated heterocycles. The summed E-state index contributed by atoms with van der Waals surface area (Å²) < 4.78 is 46.6. The van der Waals surface area contributed by atoms with Crippen LogP contribution in [0.1, 0.15) is 75.5 Å². The number of ether oxygens (including phenoxy) is 2. The van der Waals surface area contributed by atoms with Crippen LogP contribution in [0.4, 0.5) is 14.5 Å². The van der Waals surface area contributed by atoms with Crippen molar-refractivity contribution in [3.63, 3.8) is 0 Å². The van der Waals surface area contributed by atoms with E-state index in [2.05, 4.69) is 44.3 Å². The number of carbonyl (C=O) groups excluding carboxylic acids is 2.